The molecule has 0 spiro atoms. The van der Waals surface area contributed by atoms with Gasteiger partial charge in [-0.25, -0.2) is 9.07 Å². The average Bonchev–Trinajstić information content (AvgIpc) is 2.95. The van der Waals surface area contributed by atoms with Gasteiger partial charge in [0.15, 0.2) is 0 Å². The summed E-state index contributed by atoms with van der Waals surface area (Å²) in [4.78, 5) is 24.5. The Kier molecular flexibility index (Phi) is 5.27. The summed E-state index contributed by atoms with van der Waals surface area (Å²) in [6.45, 7) is 4.22. The van der Waals surface area contributed by atoms with Gasteiger partial charge >= 0.3 is 5.97 Å². The molecule has 1 saturated heterocycles. The molecular formula is C19H22FN3O4. The third-order valence-electron chi connectivity index (χ3n) is 5.08. The van der Waals surface area contributed by atoms with Crippen LogP contribution in [0.25, 0.3) is 5.69 Å². The topological polar surface area (TPSA) is 93.5 Å². The molecule has 1 aliphatic rings. The highest BCUT2D eigenvalue weighted by molar-refractivity contribution is 5.96. The van der Waals surface area contributed by atoms with Crippen LogP contribution in [-0.2, 0) is 9.53 Å². The summed E-state index contributed by atoms with van der Waals surface area (Å²) >= 11 is 0. The van der Waals surface area contributed by atoms with Crippen LogP contribution in [0, 0.1) is 25.1 Å². The lowest BCUT2D eigenvalue weighted by Crippen LogP contribution is -2.46. The maximum Gasteiger partial charge on any atom is 0.311 e. The minimum Gasteiger partial charge on any atom is -0.481 e. The molecule has 8 heteroatoms. The summed E-state index contributed by atoms with van der Waals surface area (Å²) in [5, 5.41) is 16.7. The van der Waals surface area contributed by atoms with Crippen LogP contribution in [0.15, 0.2) is 24.3 Å². The lowest BCUT2D eigenvalue weighted by atomic mass is 9.80. The van der Waals surface area contributed by atoms with Gasteiger partial charge in [-0.3, -0.25) is 9.59 Å². The van der Waals surface area contributed by atoms with E-state index in [9.17, 15) is 19.1 Å². The normalized spacial score (nSPS) is 16.1. The van der Waals surface area contributed by atoms with Crippen molar-refractivity contribution >= 4 is 11.9 Å². The second kappa shape index (κ2) is 7.48. The fraction of sp³-hybridized carbons (Fsp3) is 0.421. The number of carboxylic acids is 1. The van der Waals surface area contributed by atoms with Crippen LogP contribution in [0.2, 0.25) is 0 Å². The van der Waals surface area contributed by atoms with Crippen molar-refractivity contribution in [2.75, 3.05) is 19.8 Å². The third kappa shape index (κ3) is 3.71. The van der Waals surface area contributed by atoms with Gasteiger partial charge in [0.2, 0.25) is 0 Å². The highest BCUT2D eigenvalue weighted by Gasteiger charge is 2.40. The first-order chi connectivity index (χ1) is 12.8. The van der Waals surface area contributed by atoms with E-state index in [1.807, 2.05) is 0 Å². The second-order valence-corrected chi connectivity index (χ2v) is 6.81. The highest BCUT2D eigenvalue weighted by atomic mass is 19.1. The second-order valence-electron chi connectivity index (χ2n) is 6.81. The fourth-order valence-electron chi connectivity index (χ4n) is 3.37. The smallest absolute Gasteiger partial charge is 0.311 e. The van der Waals surface area contributed by atoms with Gasteiger partial charge in [0.1, 0.15) is 5.82 Å². The van der Waals surface area contributed by atoms with Crippen LogP contribution in [0.5, 0.6) is 0 Å². The maximum atomic E-state index is 13.1. The van der Waals surface area contributed by atoms with Crippen LogP contribution in [-0.4, -0.2) is 46.5 Å². The zero-order valence-electron chi connectivity index (χ0n) is 15.3. The monoisotopic (exact) mass is 375 g/mol. The fourth-order valence-corrected chi connectivity index (χ4v) is 3.37. The number of aryl methyl sites for hydroxylation is 1. The molecule has 1 amide bonds. The van der Waals surface area contributed by atoms with Crippen molar-refractivity contribution in [2.45, 2.75) is 26.7 Å². The van der Waals surface area contributed by atoms with Gasteiger partial charge < -0.3 is 15.2 Å². The zero-order valence-corrected chi connectivity index (χ0v) is 15.3. The molecule has 2 N–H and O–H groups in total. The van der Waals surface area contributed by atoms with E-state index in [4.69, 9.17) is 4.74 Å². The Morgan fingerprint density at radius 3 is 2.48 bits per heavy atom. The first-order valence-electron chi connectivity index (χ1n) is 8.75. The van der Waals surface area contributed by atoms with Crippen molar-refractivity contribution in [1.29, 1.82) is 0 Å². The molecule has 0 atom stereocenters. The first kappa shape index (κ1) is 19.0. The largest absolute Gasteiger partial charge is 0.481 e. The van der Waals surface area contributed by atoms with Crippen molar-refractivity contribution in [2.24, 2.45) is 5.41 Å². The summed E-state index contributed by atoms with van der Waals surface area (Å²) in [5.41, 5.74) is 1.15. The Labute approximate surface area is 156 Å². The number of carboxylic acid groups (broad SMARTS) is 1. The number of aliphatic carboxylic acids is 1. The van der Waals surface area contributed by atoms with E-state index < -0.39 is 11.4 Å². The van der Waals surface area contributed by atoms with E-state index >= 15 is 0 Å². The van der Waals surface area contributed by atoms with Crippen molar-refractivity contribution in [1.82, 2.24) is 15.1 Å². The van der Waals surface area contributed by atoms with E-state index in [0.717, 1.165) is 0 Å². The number of ether oxygens (including phenoxy) is 1. The van der Waals surface area contributed by atoms with Gasteiger partial charge in [-0.1, -0.05) is 0 Å². The number of hydrogen-bond acceptors (Lipinski definition) is 4. The van der Waals surface area contributed by atoms with E-state index in [-0.39, 0.29) is 18.3 Å². The minimum atomic E-state index is -1.01. The molecule has 0 aliphatic carbocycles. The SMILES string of the molecule is Cc1nn(-c2ccc(F)cc2)c(C)c1C(=O)NCC1(C(=O)O)CCOCC1. The highest BCUT2D eigenvalue weighted by Crippen LogP contribution is 2.30. The van der Waals surface area contributed by atoms with Crippen molar-refractivity contribution in [3.8, 4) is 5.69 Å². The molecule has 0 saturated carbocycles. The van der Waals surface area contributed by atoms with E-state index in [0.29, 0.717) is 48.7 Å². The van der Waals surface area contributed by atoms with Crippen LogP contribution < -0.4 is 5.32 Å². The number of amides is 1. The van der Waals surface area contributed by atoms with Crippen molar-refractivity contribution < 1.29 is 23.8 Å². The molecule has 2 aromatic rings. The molecule has 7 nitrogen and oxygen atoms in total. The van der Waals surface area contributed by atoms with Gasteiger partial charge in [-0.05, 0) is 51.0 Å². The van der Waals surface area contributed by atoms with Gasteiger partial charge in [-0.2, -0.15) is 5.10 Å². The maximum absolute atomic E-state index is 13.1. The summed E-state index contributed by atoms with van der Waals surface area (Å²) < 4.78 is 20.0. The lowest BCUT2D eigenvalue weighted by molar-refractivity contribution is -0.154. The Bertz CT molecular complexity index is 855. The van der Waals surface area contributed by atoms with E-state index in [2.05, 4.69) is 10.4 Å². The van der Waals surface area contributed by atoms with Crippen molar-refractivity contribution in [3.63, 3.8) is 0 Å². The number of benzene rings is 1. The lowest BCUT2D eigenvalue weighted by Gasteiger charge is -2.33. The molecule has 3 rings (SSSR count). The molecule has 1 aromatic carbocycles. The molecule has 0 radical (unpaired) electrons. The van der Waals surface area contributed by atoms with Gasteiger partial charge in [0.05, 0.1) is 28.1 Å². The average molecular weight is 375 g/mol. The van der Waals surface area contributed by atoms with Crippen LogP contribution in [0.3, 0.4) is 0 Å². The number of carbonyl (C=O) groups excluding carboxylic acids is 1. The van der Waals surface area contributed by atoms with Crippen LogP contribution in [0.4, 0.5) is 4.39 Å². The van der Waals surface area contributed by atoms with Gasteiger partial charge in [-0.15, -0.1) is 0 Å². The molecule has 27 heavy (non-hydrogen) atoms. The first-order valence-corrected chi connectivity index (χ1v) is 8.75. The molecule has 1 aliphatic heterocycles. The Morgan fingerprint density at radius 1 is 1.26 bits per heavy atom. The number of carbonyl (C=O) groups is 2. The summed E-state index contributed by atoms with van der Waals surface area (Å²) in [6.07, 6.45) is 0.713. The van der Waals surface area contributed by atoms with Crippen LogP contribution in [0.1, 0.15) is 34.6 Å². The number of nitrogens with zero attached hydrogens (tertiary/aromatic N) is 2. The molecule has 144 valence electrons. The third-order valence-corrected chi connectivity index (χ3v) is 5.08. The summed E-state index contributed by atoms with van der Waals surface area (Å²) in [7, 11) is 0. The minimum absolute atomic E-state index is 0.0329. The Hall–Kier alpha value is -2.74. The number of hydrogen-bond donors (Lipinski definition) is 2. The predicted molar refractivity (Wildman–Crippen MR) is 95.5 cm³/mol. The number of rotatable bonds is 5. The number of aromatic nitrogens is 2. The number of nitrogens with one attached hydrogen (secondary N) is 1. The zero-order chi connectivity index (χ0) is 19.6. The summed E-state index contributed by atoms with van der Waals surface area (Å²) in [5.74, 6) is -1.65. The Balaban J connectivity index is 1.81. The van der Waals surface area contributed by atoms with Gasteiger partial charge in [0.25, 0.3) is 5.91 Å². The molecule has 2 heterocycles. The number of halogens is 1. The van der Waals surface area contributed by atoms with Gasteiger partial charge in [0, 0.05) is 19.8 Å². The molecule has 0 unspecified atom stereocenters. The summed E-state index contributed by atoms with van der Waals surface area (Å²) in [6, 6.07) is 5.82. The van der Waals surface area contributed by atoms with Crippen molar-refractivity contribution in [3.05, 3.63) is 47.0 Å². The quantitative estimate of drug-likeness (QED) is 0.836. The Morgan fingerprint density at radius 2 is 1.89 bits per heavy atom. The van der Waals surface area contributed by atoms with E-state index in [1.165, 1.54) is 12.1 Å². The predicted octanol–water partition coefficient (Wildman–Crippen LogP) is 2.24. The molecule has 1 aromatic heterocycles. The molecule has 1 fully saturated rings. The van der Waals surface area contributed by atoms with E-state index in [1.54, 1.807) is 30.7 Å². The standard InChI is InChI=1S/C19H22FN3O4/c1-12-16(13(2)23(22-12)15-5-3-14(20)4-6-15)17(24)21-11-19(18(25)26)7-9-27-10-8-19/h3-6H,7-11H2,1-2H3,(H,21,24)(H,25,26). The molecular weight excluding hydrogens is 353 g/mol. The van der Waals surface area contributed by atoms with Crippen LogP contribution >= 0.6 is 0 Å². The molecule has 0 bridgehead atoms.